The Morgan fingerprint density at radius 3 is 2.70 bits per heavy atom. The molecule has 2 N–H and O–H groups in total. The number of aromatic amines is 1. The van der Waals surface area contributed by atoms with Crippen molar-refractivity contribution in [1.82, 2.24) is 25.1 Å². The summed E-state index contributed by atoms with van der Waals surface area (Å²) in [6.07, 6.45) is 0. The molecule has 0 atom stereocenters. The summed E-state index contributed by atoms with van der Waals surface area (Å²) >= 11 is 9.58. The van der Waals surface area contributed by atoms with Gasteiger partial charge in [-0.25, -0.2) is 9.78 Å². The lowest BCUT2D eigenvalue weighted by Gasteiger charge is -2.34. The molecule has 156 valence electrons. The lowest BCUT2D eigenvalue weighted by atomic mass is 10.2. The predicted octanol–water partition coefficient (Wildman–Crippen LogP) is 3.37. The molecule has 2 amide bonds. The Morgan fingerprint density at radius 2 is 1.93 bits per heavy atom. The molecule has 3 aromatic rings. The van der Waals surface area contributed by atoms with Crippen LogP contribution in [0.25, 0.3) is 10.9 Å². The van der Waals surface area contributed by atoms with Crippen LogP contribution >= 0.6 is 27.5 Å². The van der Waals surface area contributed by atoms with Crippen LogP contribution in [0.4, 0.5) is 4.79 Å². The molecule has 0 bridgehead atoms. The highest BCUT2D eigenvalue weighted by Crippen LogP contribution is 2.21. The van der Waals surface area contributed by atoms with Crippen molar-refractivity contribution >= 4 is 44.5 Å². The van der Waals surface area contributed by atoms with Gasteiger partial charge >= 0.3 is 6.03 Å². The van der Waals surface area contributed by atoms with E-state index in [0.717, 1.165) is 10.0 Å². The SMILES string of the molecule is O=C(NCc1ccc(Br)cc1Cl)N1CCN(Cc2nc3ccccc3c(=O)[nH]2)CC1. The first-order valence-electron chi connectivity index (χ1n) is 9.66. The number of halogens is 2. The fraction of sp³-hybridized carbons (Fsp3) is 0.286. The number of carbonyl (C=O) groups excluding carboxylic acids is 1. The first-order chi connectivity index (χ1) is 14.5. The third kappa shape index (κ3) is 4.83. The number of nitrogens with zero attached hydrogens (tertiary/aromatic N) is 3. The molecule has 1 fully saturated rings. The number of hydrogen-bond acceptors (Lipinski definition) is 4. The van der Waals surface area contributed by atoms with Crippen LogP contribution in [0.15, 0.2) is 51.7 Å². The van der Waals surface area contributed by atoms with Gasteiger partial charge < -0.3 is 15.2 Å². The number of para-hydroxylation sites is 1. The monoisotopic (exact) mass is 489 g/mol. The molecule has 9 heteroatoms. The van der Waals surface area contributed by atoms with Gasteiger partial charge in [-0.05, 0) is 29.8 Å². The van der Waals surface area contributed by atoms with Gasteiger partial charge in [0.1, 0.15) is 5.82 Å². The van der Waals surface area contributed by atoms with Crippen molar-refractivity contribution in [3.05, 3.63) is 73.7 Å². The first-order valence-corrected chi connectivity index (χ1v) is 10.8. The Labute approximate surface area is 187 Å². The minimum Gasteiger partial charge on any atom is -0.334 e. The highest BCUT2D eigenvalue weighted by Gasteiger charge is 2.21. The van der Waals surface area contributed by atoms with E-state index in [1.807, 2.05) is 36.4 Å². The molecule has 1 aliphatic heterocycles. The van der Waals surface area contributed by atoms with E-state index in [9.17, 15) is 9.59 Å². The van der Waals surface area contributed by atoms with Crippen molar-refractivity contribution in [3.63, 3.8) is 0 Å². The molecule has 7 nitrogen and oxygen atoms in total. The van der Waals surface area contributed by atoms with E-state index < -0.39 is 0 Å². The van der Waals surface area contributed by atoms with Gasteiger partial charge in [-0.15, -0.1) is 0 Å². The normalized spacial score (nSPS) is 14.8. The van der Waals surface area contributed by atoms with E-state index in [4.69, 9.17) is 11.6 Å². The standard InChI is InChI=1S/C21H21BrClN5O2/c22-15-6-5-14(17(23)11-15)12-24-21(30)28-9-7-27(8-10-28)13-19-25-18-4-2-1-3-16(18)20(29)26-19/h1-6,11H,7-10,12-13H2,(H,24,30)(H,25,26,29). The zero-order chi connectivity index (χ0) is 21.1. The van der Waals surface area contributed by atoms with Gasteiger partial charge in [0.05, 0.1) is 17.4 Å². The molecule has 0 saturated carbocycles. The minimum atomic E-state index is -0.125. The van der Waals surface area contributed by atoms with Crippen molar-refractivity contribution in [3.8, 4) is 0 Å². The second-order valence-electron chi connectivity index (χ2n) is 7.19. The molecule has 0 aliphatic carbocycles. The Hall–Kier alpha value is -2.42. The number of hydrogen-bond donors (Lipinski definition) is 2. The van der Waals surface area contributed by atoms with Crippen LogP contribution in [-0.2, 0) is 13.1 Å². The fourth-order valence-electron chi connectivity index (χ4n) is 3.48. The lowest BCUT2D eigenvalue weighted by Crippen LogP contribution is -2.51. The zero-order valence-electron chi connectivity index (χ0n) is 16.2. The molecule has 1 saturated heterocycles. The molecule has 30 heavy (non-hydrogen) atoms. The minimum absolute atomic E-state index is 0.106. The van der Waals surface area contributed by atoms with Gasteiger partial charge in [-0.3, -0.25) is 9.69 Å². The third-order valence-corrected chi connectivity index (χ3v) is 5.99. The van der Waals surface area contributed by atoms with Crippen LogP contribution in [0.5, 0.6) is 0 Å². The van der Waals surface area contributed by atoms with E-state index in [2.05, 4.69) is 36.1 Å². The van der Waals surface area contributed by atoms with Crippen molar-refractivity contribution < 1.29 is 4.79 Å². The topological polar surface area (TPSA) is 81.3 Å². The van der Waals surface area contributed by atoms with E-state index >= 15 is 0 Å². The number of nitrogens with one attached hydrogen (secondary N) is 2. The second kappa shape index (κ2) is 9.16. The molecule has 0 spiro atoms. The van der Waals surface area contributed by atoms with Crippen LogP contribution in [0.2, 0.25) is 5.02 Å². The van der Waals surface area contributed by atoms with Gasteiger partial charge in [0.2, 0.25) is 0 Å². The van der Waals surface area contributed by atoms with Crippen LogP contribution in [-0.4, -0.2) is 52.0 Å². The maximum Gasteiger partial charge on any atom is 0.317 e. The van der Waals surface area contributed by atoms with Crippen molar-refractivity contribution in [2.24, 2.45) is 0 Å². The summed E-state index contributed by atoms with van der Waals surface area (Å²) in [5, 5.41) is 4.14. The van der Waals surface area contributed by atoms with Gasteiger partial charge in [-0.1, -0.05) is 45.7 Å². The van der Waals surface area contributed by atoms with Crippen molar-refractivity contribution in [2.45, 2.75) is 13.1 Å². The van der Waals surface area contributed by atoms with Crippen molar-refractivity contribution in [1.29, 1.82) is 0 Å². The van der Waals surface area contributed by atoms with E-state index in [-0.39, 0.29) is 11.6 Å². The van der Waals surface area contributed by atoms with E-state index in [0.29, 0.717) is 61.0 Å². The molecule has 0 radical (unpaired) electrons. The summed E-state index contributed by atoms with van der Waals surface area (Å²) in [7, 11) is 0. The number of carbonyl (C=O) groups is 1. The van der Waals surface area contributed by atoms with Gasteiger partial charge in [-0.2, -0.15) is 0 Å². The molecule has 1 aromatic heterocycles. The summed E-state index contributed by atoms with van der Waals surface area (Å²) in [6.45, 7) is 3.57. The Bertz CT molecular complexity index is 1130. The van der Waals surface area contributed by atoms with Gasteiger partial charge in [0.15, 0.2) is 0 Å². The highest BCUT2D eigenvalue weighted by atomic mass is 79.9. The van der Waals surface area contributed by atoms with E-state index in [1.54, 1.807) is 11.0 Å². The maximum absolute atomic E-state index is 12.5. The molecule has 0 unspecified atom stereocenters. The summed E-state index contributed by atoms with van der Waals surface area (Å²) in [5.74, 6) is 0.640. The number of aromatic nitrogens is 2. The maximum atomic E-state index is 12.5. The fourth-order valence-corrected chi connectivity index (χ4v) is 4.22. The van der Waals surface area contributed by atoms with Gasteiger partial charge in [0, 0.05) is 42.2 Å². The lowest BCUT2D eigenvalue weighted by molar-refractivity contribution is 0.133. The molecular formula is C21H21BrClN5O2. The largest absolute Gasteiger partial charge is 0.334 e. The number of fused-ring (bicyclic) bond motifs is 1. The Balaban J connectivity index is 1.30. The predicted molar refractivity (Wildman–Crippen MR) is 121 cm³/mol. The first kappa shape index (κ1) is 20.8. The molecular weight excluding hydrogens is 470 g/mol. The van der Waals surface area contributed by atoms with Crippen LogP contribution in [0.1, 0.15) is 11.4 Å². The molecule has 4 rings (SSSR count). The van der Waals surface area contributed by atoms with Crippen LogP contribution in [0.3, 0.4) is 0 Å². The summed E-state index contributed by atoms with van der Waals surface area (Å²) in [6, 6.07) is 12.8. The number of rotatable bonds is 4. The summed E-state index contributed by atoms with van der Waals surface area (Å²) in [5.41, 5.74) is 1.44. The van der Waals surface area contributed by atoms with Crippen LogP contribution < -0.4 is 10.9 Å². The quantitative estimate of drug-likeness (QED) is 0.588. The smallest absolute Gasteiger partial charge is 0.317 e. The molecule has 2 aromatic carbocycles. The average Bonchev–Trinajstić information content (AvgIpc) is 2.73. The van der Waals surface area contributed by atoms with Gasteiger partial charge in [0.25, 0.3) is 5.56 Å². The van der Waals surface area contributed by atoms with Crippen LogP contribution in [0, 0.1) is 0 Å². The highest BCUT2D eigenvalue weighted by molar-refractivity contribution is 9.10. The molecule has 2 heterocycles. The average molecular weight is 491 g/mol. The number of urea groups is 1. The van der Waals surface area contributed by atoms with E-state index in [1.165, 1.54) is 0 Å². The zero-order valence-corrected chi connectivity index (χ0v) is 18.5. The summed E-state index contributed by atoms with van der Waals surface area (Å²) in [4.78, 5) is 36.1. The number of piperazine rings is 1. The van der Waals surface area contributed by atoms with Crippen molar-refractivity contribution in [2.75, 3.05) is 26.2 Å². The Kier molecular flexibility index (Phi) is 6.36. The second-order valence-corrected chi connectivity index (χ2v) is 8.51. The molecule has 1 aliphatic rings. The third-order valence-electron chi connectivity index (χ3n) is 5.14. The Morgan fingerprint density at radius 1 is 1.17 bits per heavy atom. The summed E-state index contributed by atoms with van der Waals surface area (Å²) < 4.78 is 0.904. The number of benzene rings is 2. The number of H-pyrrole nitrogens is 1. The number of amides is 2.